The summed E-state index contributed by atoms with van der Waals surface area (Å²) < 4.78 is 0. The Kier molecular flexibility index (Phi) is 5.84. The van der Waals surface area contributed by atoms with E-state index < -0.39 is 0 Å². The molecule has 5 heteroatoms. The van der Waals surface area contributed by atoms with Crippen molar-refractivity contribution in [2.24, 2.45) is 5.92 Å². The second kappa shape index (κ2) is 8.27. The van der Waals surface area contributed by atoms with E-state index in [1.807, 2.05) is 30.3 Å². The number of nitrogens with one attached hydrogen (secondary N) is 1. The highest BCUT2D eigenvalue weighted by Crippen LogP contribution is 2.25. The van der Waals surface area contributed by atoms with E-state index in [0.717, 1.165) is 38.3 Å². The topological polar surface area (TPSA) is 59.4 Å². The first kappa shape index (κ1) is 16.9. The summed E-state index contributed by atoms with van der Waals surface area (Å²) in [5.74, 6) is 0.836. The van der Waals surface area contributed by atoms with Gasteiger partial charge >= 0.3 is 0 Å². The van der Waals surface area contributed by atoms with Crippen LogP contribution in [0.2, 0.25) is 0 Å². The summed E-state index contributed by atoms with van der Waals surface area (Å²) in [4.78, 5) is 16.4. The number of benzene rings is 1. The van der Waals surface area contributed by atoms with Crippen LogP contribution in [0.3, 0.4) is 0 Å². The smallest absolute Gasteiger partial charge is 0.234 e. The zero-order chi connectivity index (χ0) is 16.8. The van der Waals surface area contributed by atoms with Gasteiger partial charge in [-0.25, -0.2) is 0 Å². The minimum Gasteiger partial charge on any atom is -0.355 e. The lowest BCUT2D eigenvalue weighted by atomic mass is 9.85. The zero-order valence-corrected chi connectivity index (χ0v) is 14.2. The molecular formula is C19H26N4O. The van der Waals surface area contributed by atoms with Crippen LogP contribution in [0.5, 0.6) is 0 Å². The van der Waals surface area contributed by atoms with Crippen molar-refractivity contribution in [1.29, 1.82) is 5.26 Å². The predicted octanol–water partition coefficient (Wildman–Crippen LogP) is 1.79. The second-order valence-corrected chi connectivity index (χ2v) is 6.86. The zero-order valence-electron chi connectivity index (χ0n) is 14.2. The highest BCUT2D eigenvalue weighted by molar-refractivity contribution is 5.78. The third-order valence-corrected chi connectivity index (χ3v) is 5.19. The lowest BCUT2D eigenvalue weighted by molar-refractivity contribution is -0.123. The van der Waals surface area contributed by atoms with Gasteiger partial charge in [0, 0.05) is 32.7 Å². The fourth-order valence-electron chi connectivity index (χ4n) is 3.40. The summed E-state index contributed by atoms with van der Waals surface area (Å²) in [6.07, 6.45) is 3.83. The van der Waals surface area contributed by atoms with Gasteiger partial charge in [-0.3, -0.25) is 14.6 Å². The van der Waals surface area contributed by atoms with Crippen LogP contribution < -0.4 is 5.32 Å². The van der Waals surface area contributed by atoms with E-state index in [0.29, 0.717) is 12.5 Å². The maximum atomic E-state index is 12.0. The Morgan fingerprint density at radius 1 is 1.21 bits per heavy atom. The van der Waals surface area contributed by atoms with Gasteiger partial charge in [0.1, 0.15) is 6.04 Å². The molecule has 0 radical (unpaired) electrons. The summed E-state index contributed by atoms with van der Waals surface area (Å²) in [5, 5.41) is 12.6. The molecule has 0 aromatic heterocycles. The van der Waals surface area contributed by atoms with Crippen LogP contribution in [0.1, 0.15) is 30.9 Å². The average Bonchev–Trinajstić information content (AvgIpc) is 2.57. The highest BCUT2D eigenvalue weighted by Gasteiger charge is 2.26. The Morgan fingerprint density at radius 3 is 2.50 bits per heavy atom. The number of carbonyl (C=O) groups excluding carboxylic acids is 1. The van der Waals surface area contributed by atoms with Crippen LogP contribution in [0.15, 0.2) is 30.3 Å². The molecule has 1 aromatic rings. The van der Waals surface area contributed by atoms with Crippen molar-refractivity contribution in [2.75, 3.05) is 39.3 Å². The molecule has 1 atom stereocenters. The molecule has 0 unspecified atom stereocenters. The van der Waals surface area contributed by atoms with Crippen LogP contribution in [-0.2, 0) is 4.79 Å². The number of hydrogen-bond donors (Lipinski definition) is 1. The fourth-order valence-corrected chi connectivity index (χ4v) is 3.40. The van der Waals surface area contributed by atoms with Crippen molar-refractivity contribution in [3.63, 3.8) is 0 Å². The van der Waals surface area contributed by atoms with Crippen molar-refractivity contribution in [3.8, 4) is 6.07 Å². The lowest BCUT2D eigenvalue weighted by Gasteiger charge is -2.36. The third kappa shape index (κ3) is 4.34. The third-order valence-electron chi connectivity index (χ3n) is 5.19. The standard InChI is InChI=1S/C19H26N4O/c20-13-18(17-7-2-1-3-8-17)23-11-9-22(10-12-23)15-19(24)21-14-16-5-4-6-16/h1-3,7-8,16,18H,4-6,9-12,14-15H2,(H,21,24)/t18-/m1/s1. The van der Waals surface area contributed by atoms with Crippen molar-refractivity contribution in [2.45, 2.75) is 25.3 Å². The van der Waals surface area contributed by atoms with Gasteiger partial charge in [-0.1, -0.05) is 36.8 Å². The molecule has 24 heavy (non-hydrogen) atoms. The molecule has 0 bridgehead atoms. The highest BCUT2D eigenvalue weighted by atomic mass is 16.2. The number of amides is 1. The van der Waals surface area contributed by atoms with E-state index in [9.17, 15) is 10.1 Å². The number of hydrogen-bond acceptors (Lipinski definition) is 4. The summed E-state index contributed by atoms with van der Waals surface area (Å²) in [6, 6.07) is 12.2. The minimum atomic E-state index is -0.194. The monoisotopic (exact) mass is 326 g/mol. The number of rotatable bonds is 6. The van der Waals surface area contributed by atoms with E-state index in [2.05, 4.69) is 21.2 Å². The lowest BCUT2D eigenvalue weighted by Crippen LogP contribution is -2.50. The Hall–Kier alpha value is -1.90. The molecule has 1 aliphatic heterocycles. The van der Waals surface area contributed by atoms with Crippen molar-refractivity contribution >= 4 is 5.91 Å². The van der Waals surface area contributed by atoms with Crippen LogP contribution in [0.25, 0.3) is 0 Å². The van der Waals surface area contributed by atoms with E-state index >= 15 is 0 Å². The molecule has 128 valence electrons. The van der Waals surface area contributed by atoms with Gasteiger partial charge in [-0.05, 0) is 24.3 Å². The first-order valence-electron chi connectivity index (χ1n) is 8.94. The molecule has 1 saturated carbocycles. The molecule has 2 fully saturated rings. The number of piperazine rings is 1. The Morgan fingerprint density at radius 2 is 1.92 bits per heavy atom. The van der Waals surface area contributed by atoms with Crippen molar-refractivity contribution in [3.05, 3.63) is 35.9 Å². The molecular weight excluding hydrogens is 300 g/mol. The number of nitrogens with zero attached hydrogens (tertiary/aromatic N) is 3. The molecule has 1 heterocycles. The summed E-state index contributed by atoms with van der Waals surface area (Å²) in [6.45, 7) is 4.63. The second-order valence-electron chi connectivity index (χ2n) is 6.86. The van der Waals surface area contributed by atoms with Gasteiger partial charge in [-0.2, -0.15) is 5.26 Å². The summed E-state index contributed by atoms with van der Waals surface area (Å²) in [5.41, 5.74) is 1.05. The quantitative estimate of drug-likeness (QED) is 0.866. The fraction of sp³-hybridized carbons (Fsp3) is 0.579. The number of carbonyl (C=O) groups is 1. The van der Waals surface area contributed by atoms with Gasteiger partial charge in [-0.15, -0.1) is 0 Å². The molecule has 5 nitrogen and oxygen atoms in total. The van der Waals surface area contributed by atoms with Gasteiger partial charge in [0.2, 0.25) is 5.91 Å². The number of nitriles is 1. The molecule has 1 N–H and O–H groups in total. The largest absolute Gasteiger partial charge is 0.355 e. The Labute approximate surface area is 144 Å². The van der Waals surface area contributed by atoms with Crippen molar-refractivity contribution in [1.82, 2.24) is 15.1 Å². The summed E-state index contributed by atoms with van der Waals surface area (Å²) in [7, 11) is 0. The van der Waals surface area contributed by atoms with E-state index in [4.69, 9.17) is 0 Å². The van der Waals surface area contributed by atoms with E-state index in [1.165, 1.54) is 19.3 Å². The van der Waals surface area contributed by atoms with E-state index in [-0.39, 0.29) is 11.9 Å². The maximum absolute atomic E-state index is 12.0. The van der Waals surface area contributed by atoms with Gasteiger partial charge < -0.3 is 5.32 Å². The average molecular weight is 326 g/mol. The Bertz CT molecular complexity index is 571. The molecule has 3 rings (SSSR count). The van der Waals surface area contributed by atoms with Crippen LogP contribution in [-0.4, -0.2) is 55.0 Å². The molecule has 1 saturated heterocycles. The molecule has 1 aromatic carbocycles. The van der Waals surface area contributed by atoms with Crippen LogP contribution >= 0.6 is 0 Å². The van der Waals surface area contributed by atoms with Crippen molar-refractivity contribution < 1.29 is 4.79 Å². The van der Waals surface area contributed by atoms with Gasteiger partial charge in [0.05, 0.1) is 12.6 Å². The normalized spacial score (nSPS) is 20.8. The van der Waals surface area contributed by atoms with E-state index in [1.54, 1.807) is 0 Å². The molecule has 1 aliphatic carbocycles. The SMILES string of the molecule is N#C[C@H](c1ccccc1)N1CCN(CC(=O)NCC2CCC2)CC1. The van der Waals surface area contributed by atoms with Crippen LogP contribution in [0, 0.1) is 17.2 Å². The Balaban J connectivity index is 1.43. The first-order chi connectivity index (χ1) is 11.8. The van der Waals surface area contributed by atoms with Gasteiger partial charge in [0.15, 0.2) is 0 Å². The maximum Gasteiger partial charge on any atom is 0.234 e. The molecule has 2 aliphatic rings. The molecule has 0 spiro atoms. The van der Waals surface area contributed by atoms with Gasteiger partial charge in [0.25, 0.3) is 0 Å². The van der Waals surface area contributed by atoms with Crippen LogP contribution in [0.4, 0.5) is 0 Å². The minimum absolute atomic E-state index is 0.134. The first-order valence-corrected chi connectivity index (χ1v) is 8.94. The summed E-state index contributed by atoms with van der Waals surface area (Å²) >= 11 is 0. The predicted molar refractivity (Wildman–Crippen MR) is 93.2 cm³/mol. The molecule has 1 amide bonds.